The van der Waals surface area contributed by atoms with Gasteiger partial charge in [0.2, 0.25) is 0 Å². The molecule has 1 aromatic heterocycles. The maximum atomic E-state index is 12.8. The van der Waals surface area contributed by atoms with E-state index in [1.165, 1.54) is 7.11 Å². The van der Waals surface area contributed by atoms with Crippen molar-refractivity contribution in [3.8, 4) is 5.75 Å². The number of methoxy groups -OCH3 is 1. The fourth-order valence-corrected chi connectivity index (χ4v) is 3.58. The number of benzene rings is 2. The molecule has 2 heterocycles. The van der Waals surface area contributed by atoms with Gasteiger partial charge in [-0.2, -0.15) is 0 Å². The third-order valence-electron chi connectivity index (χ3n) is 4.65. The van der Waals surface area contributed by atoms with Crippen molar-refractivity contribution in [2.45, 2.75) is 5.92 Å². The van der Waals surface area contributed by atoms with Crippen LogP contribution in [0, 0.1) is 5.92 Å². The molecule has 1 aliphatic heterocycles. The number of hydrogen-bond donors (Lipinski definition) is 0. The van der Waals surface area contributed by atoms with E-state index < -0.39 is 23.4 Å². The van der Waals surface area contributed by atoms with Crippen LogP contribution < -0.4 is 10.4 Å². The summed E-state index contributed by atoms with van der Waals surface area (Å²) >= 11 is 5.99. The van der Waals surface area contributed by atoms with E-state index in [1.54, 1.807) is 36.4 Å². The van der Waals surface area contributed by atoms with Crippen LogP contribution in [0.4, 0.5) is 0 Å². The number of esters is 1. The molecule has 0 bridgehead atoms. The molecule has 0 spiro atoms. The zero-order chi connectivity index (χ0) is 18.3. The maximum absolute atomic E-state index is 12.8. The summed E-state index contributed by atoms with van der Waals surface area (Å²) in [6, 6.07) is 14.2. The Morgan fingerprint density at radius 1 is 1.15 bits per heavy atom. The Balaban J connectivity index is 1.99. The zero-order valence-corrected chi connectivity index (χ0v) is 14.7. The molecule has 2 aromatic carbocycles. The minimum absolute atomic E-state index is 0.112. The number of para-hydroxylation sites is 1. The zero-order valence-electron chi connectivity index (χ0n) is 13.9. The van der Waals surface area contributed by atoms with Gasteiger partial charge < -0.3 is 13.9 Å². The van der Waals surface area contributed by atoms with Crippen molar-refractivity contribution in [2.75, 3.05) is 13.7 Å². The normalized spacial score (nSPS) is 18.8. The number of halogens is 1. The Morgan fingerprint density at radius 2 is 1.88 bits per heavy atom. The lowest BCUT2D eigenvalue weighted by Gasteiger charge is -2.31. The van der Waals surface area contributed by atoms with Gasteiger partial charge in [-0.15, -0.1) is 0 Å². The molecular weight excluding hydrogens is 356 g/mol. The number of carbonyl (C=O) groups excluding carboxylic acids is 1. The van der Waals surface area contributed by atoms with Crippen molar-refractivity contribution in [2.24, 2.45) is 5.92 Å². The van der Waals surface area contributed by atoms with Crippen molar-refractivity contribution >= 4 is 28.5 Å². The van der Waals surface area contributed by atoms with Gasteiger partial charge in [0, 0.05) is 10.9 Å². The van der Waals surface area contributed by atoms with Crippen molar-refractivity contribution in [1.29, 1.82) is 0 Å². The molecule has 26 heavy (non-hydrogen) atoms. The first kappa shape index (κ1) is 16.7. The number of carbonyl (C=O) groups is 1. The third kappa shape index (κ3) is 2.65. The van der Waals surface area contributed by atoms with E-state index in [9.17, 15) is 9.59 Å². The van der Waals surface area contributed by atoms with E-state index >= 15 is 0 Å². The molecule has 3 aromatic rings. The third-order valence-corrected chi connectivity index (χ3v) is 4.90. The van der Waals surface area contributed by atoms with Crippen molar-refractivity contribution in [3.63, 3.8) is 0 Å². The molecule has 132 valence electrons. The molecule has 0 saturated heterocycles. The Morgan fingerprint density at radius 3 is 2.62 bits per heavy atom. The molecule has 0 fully saturated rings. The summed E-state index contributed by atoms with van der Waals surface area (Å²) in [6.45, 7) is 0.112. The Labute approximate surface area is 154 Å². The van der Waals surface area contributed by atoms with Gasteiger partial charge in [0.1, 0.15) is 23.9 Å². The lowest BCUT2D eigenvalue weighted by Crippen LogP contribution is -2.36. The van der Waals surface area contributed by atoms with Crippen LogP contribution in [0.3, 0.4) is 0 Å². The van der Waals surface area contributed by atoms with Crippen LogP contribution in [0.5, 0.6) is 5.75 Å². The number of ether oxygens (including phenoxy) is 2. The van der Waals surface area contributed by atoms with Crippen LogP contribution >= 0.6 is 11.6 Å². The van der Waals surface area contributed by atoms with E-state index in [4.69, 9.17) is 25.5 Å². The largest absolute Gasteiger partial charge is 0.491 e. The van der Waals surface area contributed by atoms with E-state index in [2.05, 4.69) is 0 Å². The fraction of sp³-hybridized carbons (Fsp3) is 0.200. The molecule has 5 nitrogen and oxygen atoms in total. The average molecular weight is 371 g/mol. The molecule has 2 atom stereocenters. The summed E-state index contributed by atoms with van der Waals surface area (Å²) in [6.07, 6.45) is 0. The molecule has 0 N–H and O–H groups in total. The predicted octanol–water partition coefficient (Wildman–Crippen LogP) is 3.76. The van der Waals surface area contributed by atoms with Crippen LogP contribution in [0.15, 0.2) is 57.7 Å². The monoisotopic (exact) mass is 370 g/mol. The molecule has 6 heteroatoms. The Hall–Kier alpha value is -2.79. The molecule has 0 radical (unpaired) electrons. The van der Waals surface area contributed by atoms with Gasteiger partial charge in [0.25, 0.3) is 0 Å². The smallest absolute Gasteiger partial charge is 0.343 e. The Bertz CT molecular complexity index is 1040. The summed E-state index contributed by atoms with van der Waals surface area (Å²) in [4.78, 5) is 25.1. The van der Waals surface area contributed by atoms with Gasteiger partial charge in [0.15, 0.2) is 0 Å². The first-order valence-corrected chi connectivity index (χ1v) is 8.49. The summed E-state index contributed by atoms with van der Waals surface area (Å²) < 4.78 is 16.3. The number of hydrogen-bond acceptors (Lipinski definition) is 5. The van der Waals surface area contributed by atoms with Gasteiger partial charge >= 0.3 is 11.6 Å². The van der Waals surface area contributed by atoms with E-state index in [-0.39, 0.29) is 6.61 Å². The van der Waals surface area contributed by atoms with Crippen LogP contribution in [0.1, 0.15) is 17.0 Å². The molecule has 4 rings (SSSR count). The van der Waals surface area contributed by atoms with Gasteiger partial charge in [-0.3, -0.25) is 4.79 Å². The van der Waals surface area contributed by atoms with Crippen LogP contribution in [-0.2, 0) is 9.53 Å². The summed E-state index contributed by atoms with van der Waals surface area (Å²) in [5, 5.41) is 1.27. The summed E-state index contributed by atoms with van der Waals surface area (Å²) in [7, 11) is 1.32. The second-order valence-electron chi connectivity index (χ2n) is 6.10. The van der Waals surface area contributed by atoms with E-state index in [1.807, 2.05) is 12.1 Å². The minimum atomic E-state index is -0.655. The molecule has 1 aliphatic rings. The molecule has 0 amide bonds. The van der Waals surface area contributed by atoms with Crippen molar-refractivity contribution in [3.05, 3.63) is 75.1 Å². The van der Waals surface area contributed by atoms with Gasteiger partial charge in [0.05, 0.1) is 18.1 Å². The van der Waals surface area contributed by atoms with E-state index in [0.29, 0.717) is 27.3 Å². The highest BCUT2D eigenvalue weighted by Gasteiger charge is 2.41. The highest BCUT2D eigenvalue weighted by atomic mass is 35.5. The molecule has 0 saturated carbocycles. The van der Waals surface area contributed by atoms with Gasteiger partial charge in [-0.1, -0.05) is 35.9 Å². The second-order valence-corrected chi connectivity index (χ2v) is 6.53. The number of fused-ring (bicyclic) bond motifs is 3. The molecule has 0 aliphatic carbocycles. The maximum Gasteiger partial charge on any atom is 0.343 e. The lowest BCUT2D eigenvalue weighted by atomic mass is 9.79. The van der Waals surface area contributed by atoms with E-state index in [0.717, 1.165) is 5.56 Å². The standard InChI is InChI=1S/C20H15ClO5/c1-24-19(22)14-10-25-18-13-4-2-3-5-15(13)26-20(23)17(18)16(14)11-6-8-12(21)9-7-11/h2-9,14,16H,10H2,1H3/t14-,16+/m1/s1. The average Bonchev–Trinajstić information content (AvgIpc) is 2.67. The van der Waals surface area contributed by atoms with Gasteiger partial charge in [-0.05, 0) is 29.8 Å². The second kappa shape index (κ2) is 6.50. The SMILES string of the molecule is COC(=O)[C@@H]1COc2c(c(=O)oc3ccccc23)[C@H]1c1ccc(Cl)cc1. The van der Waals surface area contributed by atoms with Crippen molar-refractivity contribution < 1.29 is 18.7 Å². The quantitative estimate of drug-likeness (QED) is 0.507. The summed E-state index contributed by atoms with van der Waals surface area (Å²) in [5.41, 5.74) is 1.03. The van der Waals surface area contributed by atoms with Gasteiger partial charge in [-0.25, -0.2) is 4.79 Å². The van der Waals surface area contributed by atoms with Crippen molar-refractivity contribution in [1.82, 2.24) is 0 Å². The first-order valence-electron chi connectivity index (χ1n) is 8.12. The summed E-state index contributed by atoms with van der Waals surface area (Å²) in [5.74, 6) is -1.18. The van der Waals surface area contributed by atoms with Crippen LogP contribution in [0.2, 0.25) is 5.02 Å². The lowest BCUT2D eigenvalue weighted by molar-refractivity contribution is -0.147. The highest BCUT2D eigenvalue weighted by Crippen LogP contribution is 2.43. The molecular formula is C20H15ClO5. The predicted molar refractivity (Wildman–Crippen MR) is 96.8 cm³/mol. The topological polar surface area (TPSA) is 65.7 Å². The highest BCUT2D eigenvalue weighted by molar-refractivity contribution is 6.30. The van der Waals surface area contributed by atoms with Crippen LogP contribution in [-0.4, -0.2) is 19.7 Å². The molecule has 0 unspecified atom stereocenters. The Kier molecular flexibility index (Phi) is 4.17. The fourth-order valence-electron chi connectivity index (χ4n) is 3.45. The van der Waals surface area contributed by atoms with Crippen LogP contribution in [0.25, 0.3) is 11.0 Å². The first-order chi connectivity index (χ1) is 12.6. The number of rotatable bonds is 2. The minimum Gasteiger partial charge on any atom is -0.491 e.